The molecule has 148 valence electrons. The molecule has 5 heteroatoms. The van der Waals surface area contributed by atoms with E-state index in [9.17, 15) is 9.59 Å². The number of hydrogen-bond acceptors (Lipinski definition) is 4. The minimum atomic E-state index is -0.624. The van der Waals surface area contributed by atoms with E-state index in [1.807, 2.05) is 18.2 Å². The van der Waals surface area contributed by atoms with Gasteiger partial charge in [-0.3, -0.25) is 9.59 Å². The molecule has 1 saturated carbocycles. The normalized spacial score (nSPS) is 25.9. The van der Waals surface area contributed by atoms with Gasteiger partial charge in [0, 0.05) is 34.3 Å². The third kappa shape index (κ3) is 3.75. The van der Waals surface area contributed by atoms with Gasteiger partial charge in [0.1, 0.15) is 12.0 Å². The lowest BCUT2D eigenvalue weighted by molar-refractivity contribution is -0.155. The third-order valence-corrected chi connectivity index (χ3v) is 6.32. The molecule has 2 aliphatic carbocycles. The minimum absolute atomic E-state index is 0.0357. The van der Waals surface area contributed by atoms with E-state index in [2.05, 4.69) is 11.9 Å². The fourth-order valence-corrected chi connectivity index (χ4v) is 4.95. The second-order valence-electron chi connectivity index (χ2n) is 8.03. The molecular weight excluding hydrogens is 374 g/mol. The van der Waals surface area contributed by atoms with Crippen LogP contribution in [0.25, 0.3) is 0 Å². The number of ketones is 1. The molecule has 4 nitrogen and oxygen atoms in total. The largest absolute Gasteiger partial charge is 0.462 e. The first-order valence-electron chi connectivity index (χ1n) is 10.2. The molecule has 1 aromatic carbocycles. The highest BCUT2D eigenvalue weighted by atomic mass is 35.5. The lowest BCUT2D eigenvalue weighted by atomic mass is 9.71. The third-order valence-electron chi connectivity index (χ3n) is 6.08. The molecule has 2 unspecified atom stereocenters. The first-order chi connectivity index (χ1) is 13.5. The maximum absolute atomic E-state index is 13.2. The number of carbonyl (C=O) groups excluding carboxylic acids is 2. The molecular formula is C23H26ClNO3. The van der Waals surface area contributed by atoms with E-state index in [1.165, 1.54) is 6.42 Å². The van der Waals surface area contributed by atoms with Gasteiger partial charge in [0.25, 0.3) is 0 Å². The first kappa shape index (κ1) is 19.3. The van der Waals surface area contributed by atoms with Gasteiger partial charge in [-0.1, -0.05) is 36.7 Å². The Labute approximate surface area is 171 Å². The van der Waals surface area contributed by atoms with Gasteiger partial charge in [-0.2, -0.15) is 0 Å². The Balaban J connectivity index is 1.72. The van der Waals surface area contributed by atoms with Crippen LogP contribution < -0.4 is 5.32 Å². The van der Waals surface area contributed by atoms with Crippen LogP contribution in [0.2, 0.25) is 5.02 Å². The minimum Gasteiger partial charge on any atom is -0.462 e. The van der Waals surface area contributed by atoms with Crippen LogP contribution in [0.1, 0.15) is 62.8 Å². The second kappa shape index (κ2) is 8.12. The molecule has 1 N–H and O–H groups in total. The summed E-state index contributed by atoms with van der Waals surface area (Å²) in [5, 5.41) is 3.85. The summed E-state index contributed by atoms with van der Waals surface area (Å²) in [4.78, 5) is 26.1. The van der Waals surface area contributed by atoms with Gasteiger partial charge in [-0.05, 0) is 56.2 Å². The molecule has 0 amide bonds. The molecule has 1 aromatic rings. The highest BCUT2D eigenvalue weighted by Gasteiger charge is 2.44. The fourth-order valence-electron chi connectivity index (χ4n) is 4.75. The maximum Gasteiger partial charge on any atom is 0.316 e. The Morgan fingerprint density at radius 1 is 1.14 bits per heavy atom. The van der Waals surface area contributed by atoms with Gasteiger partial charge >= 0.3 is 5.97 Å². The average molecular weight is 400 g/mol. The number of benzene rings is 1. The number of hydrogen-bond donors (Lipinski definition) is 1. The summed E-state index contributed by atoms with van der Waals surface area (Å²) in [6, 6.07) is 7.44. The summed E-state index contributed by atoms with van der Waals surface area (Å²) in [7, 11) is 0. The molecule has 0 bridgehead atoms. The van der Waals surface area contributed by atoms with Gasteiger partial charge in [-0.25, -0.2) is 0 Å². The van der Waals surface area contributed by atoms with Crippen LogP contribution in [0, 0.1) is 5.92 Å². The number of halogens is 1. The molecule has 0 spiro atoms. The van der Waals surface area contributed by atoms with E-state index >= 15 is 0 Å². The summed E-state index contributed by atoms with van der Waals surface area (Å²) in [6.07, 6.45) is 7.28. The molecule has 3 aliphatic rings. The SMILES string of the molecule is C=C1NC2=C(C(=O)CCC2)C(c2cccc(Cl)c2)C1C(=O)OC1CCCCC1. The van der Waals surface area contributed by atoms with Crippen LogP contribution in [0.15, 0.2) is 47.8 Å². The van der Waals surface area contributed by atoms with Gasteiger partial charge < -0.3 is 10.1 Å². The van der Waals surface area contributed by atoms with Crippen LogP contribution in [0.3, 0.4) is 0 Å². The summed E-state index contributed by atoms with van der Waals surface area (Å²) in [5.41, 5.74) is 3.07. The molecule has 0 aromatic heterocycles. The molecule has 0 saturated heterocycles. The zero-order chi connectivity index (χ0) is 19.7. The standard InChI is InChI=1S/C23H26ClNO3/c1-14-20(23(27)28-17-9-3-2-4-10-17)21(15-7-5-8-16(24)13-15)22-18(25-14)11-6-12-19(22)26/h5,7-8,13,17,20-21,25H,1-4,6,9-12H2. The quantitative estimate of drug-likeness (QED) is 0.723. The van der Waals surface area contributed by atoms with Crippen LogP contribution in [0.4, 0.5) is 0 Å². The molecule has 1 fully saturated rings. The average Bonchev–Trinajstić information content (AvgIpc) is 2.68. The van der Waals surface area contributed by atoms with Crippen molar-refractivity contribution in [3.8, 4) is 0 Å². The summed E-state index contributed by atoms with van der Waals surface area (Å²) in [6.45, 7) is 4.13. The molecule has 1 aliphatic heterocycles. The Morgan fingerprint density at radius 2 is 1.93 bits per heavy atom. The zero-order valence-corrected chi connectivity index (χ0v) is 16.8. The van der Waals surface area contributed by atoms with Crippen LogP contribution in [-0.4, -0.2) is 17.9 Å². The number of rotatable bonds is 3. The fraction of sp³-hybridized carbons (Fsp3) is 0.478. The van der Waals surface area contributed by atoms with E-state index < -0.39 is 11.8 Å². The predicted octanol–water partition coefficient (Wildman–Crippen LogP) is 5.04. The molecule has 4 rings (SSSR count). The van der Waals surface area contributed by atoms with Crippen LogP contribution in [0.5, 0.6) is 0 Å². The summed E-state index contributed by atoms with van der Waals surface area (Å²) >= 11 is 6.24. The van der Waals surface area contributed by atoms with Crippen LogP contribution in [-0.2, 0) is 14.3 Å². The van der Waals surface area contributed by atoms with Gasteiger partial charge in [-0.15, -0.1) is 0 Å². The maximum atomic E-state index is 13.2. The van der Waals surface area contributed by atoms with Crippen LogP contribution >= 0.6 is 11.6 Å². The predicted molar refractivity (Wildman–Crippen MR) is 109 cm³/mol. The Kier molecular flexibility index (Phi) is 5.58. The van der Waals surface area contributed by atoms with Crippen molar-refractivity contribution in [3.63, 3.8) is 0 Å². The van der Waals surface area contributed by atoms with Crippen molar-refractivity contribution in [3.05, 3.63) is 58.4 Å². The summed E-state index contributed by atoms with van der Waals surface area (Å²) < 4.78 is 5.89. The Morgan fingerprint density at radius 3 is 2.68 bits per heavy atom. The van der Waals surface area contributed by atoms with Crippen molar-refractivity contribution in [2.45, 2.75) is 63.4 Å². The monoisotopic (exact) mass is 399 g/mol. The van der Waals surface area contributed by atoms with Crippen molar-refractivity contribution < 1.29 is 14.3 Å². The first-order valence-corrected chi connectivity index (χ1v) is 10.6. The van der Waals surface area contributed by atoms with E-state index in [4.69, 9.17) is 16.3 Å². The van der Waals surface area contributed by atoms with E-state index in [-0.39, 0.29) is 17.9 Å². The van der Waals surface area contributed by atoms with Gasteiger partial charge in [0.2, 0.25) is 0 Å². The topological polar surface area (TPSA) is 55.4 Å². The van der Waals surface area contributed by atoms with E-state index in [1.54, 1.807) is 6.07 Å². The highest BCUT2D eigenvalue weighted by molar-refractivity contribution is 6.30. The van der Waals surface area contributed by atoms with Crippen molar-refractivity contribution in [1.82, 2.24) is 5.32 Å². The van der Waals surface area contributed by atoms with Crippen molar-refractivity contribution >= 4 is 23.4 Å². The number of ether oxygens (including phenoxy) is 1. The molecule has 28 heavy (non-hydrogen) atoms. The van der Waals surface area contributed by atoms with Crippen molar-refractivity contribution in [2.75, 3.05) is 0 Å². The number of nitrogens with one attached hydrogen (secondary N) is 1. The number of Topliss-reactive ketones (excluding diaryl/α,β-unsaturated/α-hetero) is 1. The second-order valence-corrected chi connectivity index (χ2v) is 8.46. The Hall–Kier alpha value is -2.07. The number of carbonyl (C=O) groups is 2. The number of esters is 1. The Bertz CT molecular complexity index is 838. The van der Waals surface area contributed by atoms with Gasteiger partial charge in [0.05, 0.1) is 0 Å². The lowest BCUT2D eigenvalue weighted by Crippen LogP contribution is -2.42. The molecule has 2 atom stereocenters. The van der Waals surface area contributed by atoms with E-state index in [0.29, 0.717) is 22.7 Å². The van der Waals surface area contributed by atoms with Crippen molar-refractivity contribution in [1.29, 1.82) is 0 Å². The summed E-state index contributed by atoms with van der Waals surface area (Å²) in [5.74, 6) is -1.21. The zero-order valence-electron chi connectivity index (χ0n) is 16.0. The highest BCUT2D eigenvalue weighted by Crippen LogP contribution is 2.45. The number of allylic oxidation sites excluding steroid dienone is 2. The molecule has 0 radical (unpaired) electrons. The van der Waals surface area contributed by atoms with Gasteiger partial charge in [0.15, 0.2) is 5.78 Å². The van der Waals surface area contributed by atoms with Crippen molar-refractivity contribution in [2.24, 2.45) is 5.92 Å². The smallest absolute Gasteiger partial charge is 0.316 e. The lowest BCUT2D eigenvalue weighted by Gasteiger charge is -2.39. The van der Waals surface area contributed by atoms with E-state index in [0.717, 1.165) is 49.8 Å². The molecule has 1 heterocycles.